The second kappa shape index (κ2) is 7.70. The number of ketones is 1. The quantitative estimate of drug-likeness (QED) is 0.439. The van der Waals surface area contributed by atoms with Gasteiger partial charge in [0.05, 0.1) is 6.61 Å². The highest BCUT2D eigenvalue weighted by atomic mass is 32.2. The first kappa shape index (κ1) is 15.4. The van der Waals surface area contributed by atoms with Crippen LogP contribution in [-0.2, 0) is 0 Å². The Morgan fingerprint density at radius 3 is 2.52 bits per heavy atom. The van der Waals surface area contributed by atoms with Gasteiger partial charge in [0.2, 0.25) is 0 Å². The fourth-order valence-electron chi connectivity index (χ4n) is 1.92. The fraction of sp³-hybridized carbons (Fsp3) is 0.167. The molecular formula is C18H18O2S. The van der Waals surface area contributed by atoms with Crippen LogP contribution in [0.25, 0.3) is 6.08 Å². The summed E-state index contributed by atoms with van der Waals surface area (Å²) in [4.78, 5) is 13.3. The smallest absolute Gasteiger partial charge is 0.185 e. The summed E-state index contributed by atoms with van der Waals surface area (Å²) in [6.45, 7) is 2.55. The van der Waals surface area contributed by atoms with Crippen LogP contribution in [0.15, 0.2) is 59.5 Å². The Bertz CT molecular complexity index is 630. The van der Waals surface area contributed by atoms with E-state index in [1.807, 2.05) is 61.7 Å². The normalized spacial score (nSPS) is 10.8. The molecule has 0 aromatic heterocycles. The molecule has 2 aromatic rings. The zero-order chi connectivity index (χ0) is 15.1. The van der Waals surface area contributed by atoms with Crippen LogP contribution in [0.4, 0.5) is 0 Å². The number of para-hydroxylation sites is 1. The van der Waals surface area contributed by atoms with Gasteiger partial charge in [-0.2, -0.15) is 0 Å². The minimum Gasteiger partial charge on any atom is -0.493 e. The van der Waals surface area contributed by atoms with E-state index in [0.29, 0.717) is 12.2 Å². The Labute approximate surface area is 129 Å². The lowest BCUT2D eigenvalue weighted by Gasteiger charge is -2.06. The Kier molecular flexibility index (Phi) is 5.64. The van der Waals surface area contributed by atoms with Crippen molar-refractivity contribution in [3.05, 3.63) is 65.7 Å². The minimum absolute atomic E-state index is 0.00560. The molecule has 2 aromatic carbocycles. The van der Waals surface area contributed by atoms with Crippen molar-refractivity contribution in [2.75, 3.05) is 12.9 Å². The van der Waals surface area contributed by atoms with E-state index >= 15 is 0 Å². The van der Waals surface area contributed by atoms with Gasteiger partial charge in [0.15, 0.2) is 5.78 Å². The van der Waals surface area contributed by atoms with Crippen molar-refractivity contribution >= 4 is 23.6 Å². The van der Waals surface area contributed by atoms with E-state index in [-0.39, 0.29) is 5.78 Å². The number of hydrogen-bond acceptors (Lipinski definition) is 3. The van der Waals surface area contributed by atoms with Crippen LogP contribution in [0.5, 0.6) is 5.75 Å². The number of benzene rings is 2. The molecule has 0 aliphatic carbocycles. The summed E-state index contributed by atoms with van der Waals surface area (Å²) < 4.78 is 5.54. The maximum absolute atomic E-state index is 12.2. The lowest BCUT2D eigenvalue weighted by atomic mass is 10.1. The first-order valence-corrected chi connectivity index (χ1v) is 8.05. The molecule has 2 nitrogen and oxygen atoms in total. The van der Waals surface area contributed by atoms with Gasteiger partial charge < -0.3 is 4.74 Å². The van der Waals surface area contributed by atoms with Crippen molar-refractivity contribution in [2.24, 2.45) is 0 Å². The number of rotatable bonds is 6. The summed E-state index contributed by atoms with van der Waals surface area (Å²) in [5.74, 6) is 0.788. The molecule has 21 heavy (non-hydrogen) atoms. The molecular weight excluding hydrogens is 280 g/mol. The summed E-state index contributed by atoms with van der Waals surface area (Å²) in [6, 6.07) is 15.3. The third kappa shape index (κ3) is 4.23. The van der Waals surface area contributed by atoms with Crippen LogP contribution < -0.4 is 4.74 Å². The molecule has 0 heterocycles. The lowest BCUT2D eigenvalue weighted by molar-refractivity contribution is 0.104. The van der Waals surface area contributed by atoms with E-state index in [2.05, 4.69) is 0 Å². The largest absolute Gasteiger partial charge is 0.493 e. The van der Waals surface area contributed by atoms with Gasteiger partial charge in [0, 0.05) is 16.0 Å². The van der Waals surface area contributed by atoms with Crippen LogP contribution in [0.2, 0.25) is 0 Å². The maximum Gasteiger partial charge on any atom is 0.185 e. The van der Waals surface area contributed by atoms with Gasteiger partial charge in [-0.25, -0.2) is 0 Å². The van der Waals surface area contributed by atoms with Crippen molar-refractivity contribution in [1.29, 1.82) is 0 Å². The highest BCUT2D eigenvalue weighted by Crippen LogP contribution is 2.20. The molecule has 0 aliphatic heterocycles. The maximum atomic E-state index is 12.2. The molecule has 108 valence electrons. The monoisotopic (exact) mass is 298 g/mol. The molecule has 0 atom stereocenters. The SMILES string of the molecule is CCOc1ccccc1/C=C/C(=O)c1ccc(SC)cc1. The van der Waals surface area contributed by atoms with Gasteiger partial charge in [-0.05, 0) is 55.7 Å². The van der Waals surface area contributed by atoms with Crippen molar-refractivity contribution < 1.29 is 9.53 Å². The minimum atomic E-state index is -0.00560. The number of carbonyl (C=O) groups is 1. The Hall–Kier alpha value is -2.00. The molecule has 0 spiro atoms. The van der Waals surface area contributed by atoms with Crippen molar-refractivity contribution in [3.63, 3.8) is 0 Å². The number of thioether (sulfide) groups is 1. The second-order valence-electron chi connectivity index (χ2n) is 4.40. The Balaban J connectivity index is 2.14. The fourth-order valence-corrected chi connectivity index (χ4v) is 2.33. The molecule has 0 bridgehead atoms. The molecule has 3 heteroatoms. The Morgan fingerprint density at radius 2 is 1.86 bits per heavy atom. The van der Waals surface area contributed by atoms with E-state index in [1.165, 1.54) is 0 Å². The number of ether oxygens (including phenoxy) is 1. The molecule has 0 saturated heterocycles. The predicted octanol–water partition coefficient (Wildman–Crippen LogP) is 4.70. The van der Waals surface area contributed by atoms with Crippen molar-refractivity contribution in [2.45, 2.75) is 11.8 Å². The van der Waals surface area contributed by atoms with Gasteiger partial charge in [0.1, 0.15) is 5.75 Å². The predicted molar refractivity (Wildman–Crippen MR) is 89.2 cm³/mol. The first-order chi connectivity index (χ1) is 10.2. The van der Waals surface area contributed by atoms with Gasteiger partial charge >= 0.3 is 0 Å². The van der Waals surface area contributed by atoms with Crippen LogP contribution in [0.3, 0.4) is 0 Å². The van der Waals surface area contributed by atoms with E-state index in [0.717, 1.165) is 16.2 Å². The van der Waals surface area contributed by atoms with Crippen LogP contribution in [0.1, 0.15) is 22.8 Å². The van der Waals surface area contributed by atoms with E-state index in [4.69, 9.17) is 4.74 Å². The molecule has 0 aliphatic rings. The van der Waals surface area contributed by atoms with Gasteiger partial charge in [-0.1, -0.05) is 18.2 Å². The second-order valence-corrected chi connectivity index (χ2v) is 5.28. The summed E-state index contributed by atoms with van der Waals surface area (Å²) in [7, 11) is 0. The summed E-state index contributed by atoms with van der Waals surface area (Å²) in [5.41, 5.74) is 1.60. The van der Waals surface area contributed by atoms with Gasteiger partial charge in [-0.15, -0.1) is 11.8 Å². The first-order valence-electron chi connectivity index (χ1n) is 6.83. The number of allylic oxidation sites excluding steroid dienone is 1. The zero-order valence-corrected chi connectivity index (χ0v) is 13.0. The highest BCUT2D eigenvalue weighted by molar-refractivity contribution is 7.98. The molecule has 0 N–H and O–H groups in total. The van der Waals surface area contributed by atoms with E-state index in [9.17, 15) is 4.79 Å². The highest BCUT2D eigenvalue weighted by Gasteiger charge is 2.03. The van der Waals surface area contributed by atoms with Gasteiger partial charge in [-0.3, -0.25) is 4.79 Å². The average Bonchev–Trinajstić information content (AvgIpc) is 2.54. The molecule has 0 fully saturated rings. The van der Waals surface area contributed by atoms with E-state index < -0.39 is 0 Å². The number of hydrogen-bond donors (Lipinski definition) is 0. The molecule has 0 amide bonds. The summed E-state index contributed by atoms with van der Waals surface area (Å²) >= 11 is 1.66. The molecule has 0 radical (unpaired) electrons. The molecule has 2 rings (SSSR count). The van der Waals surface area contributed by atoms with E-state index in [1.54, 1.807) is 23.9 Å². The summed E-state index contributed by atoms with van der Waals surface area (Å²) in [6.07, 6.45) is 5.41. The average molecular weight is 298 g/mol. The van der Waals surface area contributed by atoms with Crippen LogP contribution in [-0.4, -0.2) is 18.6 Å². The zero-order valence-electron chi connectivity index (χ0n) is 12.2. The molecule has 0 unspecified atom stereocenters. The number of carbonyl (C=O) groups excluding carboxylic acids is 1. The van der Waals surface area contributed by atoms with Crippen molar-refractivity contribution in [3.8, 4) is 5.75 Å². The van der Waals surface area contributed by atoms with Gasteiger partial charge in [0.25, 0.3) is 0 Å². The lowest BCUT2D eigenvalue weighted by Crippen LogP contribution is -1.95. The standard InChI is InChI=1S/C18H18O2S/c1-3-20-18-7-5-4-6-15(18)10-13-17(19)14-8-11-16(21-2)12-9-14/h4-13H,3H2,1-2H3/b13-10+. The van der Waals surface area contributed by atoms with Crippen LogP contribution >= 0.6 is 11.8 Å². The topological polar surface area (TPSA) is 26.3 Å². The summed E-state index contributed by atoms with van der Waals surface area (Å²) in [5, 5.41) is 0. The third-order valence-electron chi connectivity index (χ3n) is 3.01. The Morgan fingerprint density at radius 1 is 1.14 bits per heavy atom. The molecule has 0 saturated carbocycles. The van der Waals surface area contributed by atoms with Crippen molar-refractivity contribution in [1.82, 2.24) is 0 Å². The van der Waals surface area contributed by atoms with Crippen LogP contribution in [0, 0.1) is 0 Å². The third-order valence-corrected chi connectivity index (χ3v) is 3.75.